The molecule has 1 saturated heterocycles. The van der Waals surface area contributed by atoms with Crippen molar-refractivity contribution in [2.75, 3.05) is 19.7 Å². The highest BCUT2D eigenvalue weighted by atomic mass is 19.4. The maximum Gasteiger partial charge on any atom is 0.416 e. The van der Waals surface area contributed by atoms with E-state index in [9.17, 15) is 13.2 Å². The van der Waals surface area contributed by atoms with Gasteiger partial charge in [0.1, 0.15) is 11.9 Å². The lowest BCUT2D eigenvalue weighted by Gasteiger charge is -2.25. The van der Waals surface area contributed by atoms with Crippen molar-refractivity contribution >= 4 is 0 Å². The lowest BCUT2D eigenvalue weighted by atomic mass is 10.0. The highest BCUT2D eigenvalue weighted by molar-refractivity contribution is 5.30. The van der Waals surface area contributed by atoms with Gasteiger partial charge in [-0.15, -0.1) is 0 Å². The molecule has 1 aliphatic heterocycles. The predicted octanol–water partition coefficient (Wildman–Crippen LogP) is 3.49. The number of nitrogens with one attached hydrogen (secondary N) is 1. The fourth-order valence-corrected chi connectivity index (χ4v) is 2.47. The van der Waals surface area contributed by atoms with Crippen molar-refractivity contribution in [2.45, 2.75) is 38.7 Å². The van der Waals surface area contributed by atoms with Crippen LogP contribution < -0.4 is 10.1 Å². The van der Waals surface area contributed by atoms with E-state index in [4.69, 9.17) is 9.47 Å². The number of hydrogen-bond acceptors (Lipinski definition) is 3. The van der Waals surface area contributed by atoms with Crippen LogP contribution in [0.25, 0.3) is 0 Å². The summed E-state index contributed by atoms with van der Waals surface area (Å²) in [6, 6.07) is 5.01. The van der Waals surface area contributed by atoms with E-state index >= 15 is 0 Å². The Hall–Kier alpha value is -1.27. The van der Waals surface area contributed by atoms with Gasteiger partial charge >= 0.3 is 6.18 Å². The van der Waals surface area contributed by atoms with Gasteiger partial charge in [0.2, 0.25) is 0 Å². The normalized spacial score (nSPS) is 20.4. The van der Waals surface area contributed by atoms with Crippen LogP contribution in [0.2, 0.25) is 0 Å². The molecule has 2 atom stereocenters. The van der Waals surface area contributed by atoms with Gasteiger partial charge in [-0.1, -0.05) is 6.07 Å². The Bertz CT molecular complexity index is 471. The van der Waals surface area contributed by atoms with E-state index in [1.54, 1.807) is 6.07 Å². The molecule has 1 heterocycles. The monoisotopic (exact) mass is 317 g/mol. The molecule has 3 nitrogen and oxygen atoms in total. The Kier molecular flexibility index (Phi) is 5.69. The Morgan fingerprint density at radius 2 is 2.09 bits per heavy atom. The highest BCUT2D eigenvalue weighted by Crippen LogP contribution is 2.32. The van der Waals surface area contributed by atoms with Crippen LogP contribution in [0.5, 0.6) is 5.75 Å². The Balaban J connectivity index is 2.08. The van der Waals surface area contributed by atoms with E-state index in [0.29, 0.717) is 6.61 Å². The number of ether oxygens (including phenoxy) is 2. The second-order valence-corrected chi connectivity index (χ2v) is 5.82. The first-order chi connectivity index (χ1) is 10.4. The largest absolute Gasteiger partial charge is 0.488 e. The van der Waals surface area contributed by atoms with Crippen LogP contribution in [0.1, 0.15) is 25.8 Å². The molecule has 0 amide bonds. The van der Waals surface area contributed by atoms with Crippen molar-refractivity contribution in [3.63, 3.8) is 0 Å². The molecule has 0 spiro atoms. The first kappa shape index (κ1) is 17.1. The first-order valence-corrected chi connectivity index (χ1v) is 7.52. The van der Waals surface area contributed by atoms with Gasteiger partial charge in [0.05, 0.1) is 18.3 Å². The van der Waals surface area contributed by atoms with Crippen LogP contribution in [0.3, 0.4) is 0 Å². The Labute approximate surface area is 128 Å². The average molecular weight is 317 g/mol. The van der Waals surface area contributed by atoms with Gasteiger partial charge in [-0.3, -0.25) is 0 Å². The van der Waals surface area contributed by atoms with Crippen LogP contribution >= 0.6 is 0 Å². The van der Waals surface area contributed by atoms with Crippen molar-refractivity contribution in [1.82, 2.24) is 5.32 Å². The fourth-order valence-electron chi connectivity index (χ4n) is 2.47. The predicted molar refractivity (Wildman–Crippen MR) is 77.9 cm³/mol. The van der Waals surface area contributed by atoms with Crippen molar-refractivity contribution in [2.24, 2.45) is 5.92 Å². The molecule has 1 aromatic carbocycles. The molecule has 1 N–H and O–H groups in total. The van der Waals surface area contributed by atoms with Gasteiger partial charge in [-0.05, 0) is 45.0 Å². The van der Waals surface area contributed by atoms with Crippen LogP contribution in [-0.2, 0) is 10.9 Å². The summed E-state index contributed by atoms with van der Waals surface area (Å²) in [7, 11) is 0. The van der Waals surface area contributed by atoms with Crippen LogP contribution in [0.4, 0.5) is 13.2 Å². The fraction of sp³-hybridized carbons (Fsp3) is 0.625. The minimum atomic E-state index is -4.36. The third kappa shape index (κ3) is 4.88. The summed E-state index contributed by atoms with van der Waals surface area (Å²) in [6.07, 6.45) is -3.62. The molecule has 1 aromatic rings. The molecular weight excluding hydrogens is 295 g/mol. The maximum absolute atomic E-state index is 12.8. The average Bonchev–Trinajstić information content (AvgIpc) is 2.96. The zero-order valence-electron chi connectivity index (χ0n) is 12.8. The SMILES string of the molecule is CC(C)OC[C@H](Oc1cccc(C(F)(F)F)c1)[C@H]1CCNC1. The summed E-state index contributed by atoms with van der Waals surface area (Å²) in [4.78, 5) is 0. The van der Waals surface area contributed by atoms with Gasteiger partial charge in [-0.2, -0.15) is 13.2 Å². The summed E-state index contributed by atoms with van der Waals surface area (Å²) < 4.78 is 49.7. The highest BCUT2D eigenvalue weighted by Gasteiger charge is 2.32. The molecule has 22 heavy (non-hydrogen) atoms. The molecule has 124 valence electrons. The summed E-state index contributed by atoms with van der Waals surface area (Å²) in [5.41, 5.74) is -0.696. The minimum absolute atomic E-state index is 0.0574. The standard InChI is InChI=1S/C16H22F3NO2/c1-11(2)21-10-15(12-6-7-20-9-12)22-14-5-3-4-13(8-14)16(17,18)19/h3-5,8,11-12,15,20H,6-7,9-10H2,1-2H3/t12-,15-/m0/s1. The van der Waals surface area contributed by atoms with Gasteiger partial charge in [0.15, 0.2) is 0 Å². The van der Waals surface area contributed by atoms with Gasteiger partial charge in [0.25, 0.3) is 0 Å². The van der Waals surface area contributed by atoms with Crippen molar-refractivity contribution in [3.05, 3.63) is 29.8 Å². The molecule has 0 aromatic heterocycles. The van der Waals surface area contributed by atoms with Gasteiger partial charge in [0, 0.05) is 12.5 Å². The summed E-state index contributed by atoms with van der Waals surface area (Å²) in [5.74, 6) is 0.479. The van der Waals surface area contributed by atoms with Gasteiger partial charge in [-0.25, -0.2) is 0 Å². The molecule has 1 aliphatic rings. The molecule has 0 saturated carbocycles. The molecular formula is C16H22F3NO2. The zero-order valence-corrected chi connectivity index (χ0v) is 12.8. The van der Waals surface area contributed by atoms with E-state index in [2.05, 4.69) is 5.32 Å². The first-order valence-electron chi connectivity index (χ1n) is 7.52. The van der Waals surface area contributed by atoms with E-state index in [-0.39, 0.29) is 23.9 Å². The van der Waals surface area contributed by atoms with E-state index in [1.165, 1.54) is 6.07 Å². The molecule has 1 fully saturated rings. The molecule has 0 aliphatic carbocycles. The number of benzene rings is 1. The lowest BCUT2D eigenvalue weighted by Crippen LogP contribution is -2.34. The number of rotatable bonds is 6. The molecule has 0 bridgehead atoms. The molecule has 0 unspecified atom stereocenters. The maximum atomic E-state index is 12.8. The number of halogens is 3. The van der Waals surface area contributed by atoms with Crippen molar-refractivity contribution in [1.29, 1.82) is 0 Å². The second kappa shape index (κ2) is 7.33. The molecule has 6 heteroatoms. The molecule has 0 radical (unpaired) electrons. The lowest BCUT2D eigenvalue weighted by molar-refractivity contribution is -0.137. The quantitative estimate of drug-likeness (QED) is 0.871. The van der Waals surface area contributed by atoms with E-state index < -0.39 is 11.7 Å². The van der Waals surface area contributed by atoms with Crippen LogP contribution in [-0.4, -0.2) is 31.9 Å². The Morgan fingerprint density at radius 3 is 2.68 bits per heavy atom. The van der Waals surface area contributed by atoms with E-state index in [1.807, 2.05) is 13.8 Å². The smallest absolute Gasteiger partial charge is 0.416 e. The zero-order chi connectivity index (χ0) is 16.2. The van der Waals surface area contributed by atoms with Crippen molar-refractivity contribution in [3.8, 4) is 5.75 Å². The summed E-state index contributed by atoms with van der Waals surface area (Å²) in [5, 5.41) is 3.25. The third-order valence-electron chi connectivity index (χ3n) is 3.67. The number of alkyl halides is 3. The summed E-state index contributed by atoms with van der Waals surface area (Å²) in [6.45, 7) is 5.92. The second-order valence-electron chi connectivity index (χ2n) is 5.82. The third-order valence-corrected chi connectivity index (χ3v) is 3.67. The topological polar surface area (TPSA) is 30.5 Å². The van der Waals surface area contributed by atoms with Gasteiger partial charge < -0.3 is 14.8 Å². The van der Waals surface area contributed by atoms with Crippen LogP contribution in [0, 0.1) is 5.92 Å². The molecule has 2 rings (SSSR count). The van der Waals surface area contributed by atoms with E-state index in [0.717, 1.165) is 31.6 Å². The summed E-state index contributed by atoms with van der Waals surface area (Å²) >= 11 is 0. The Morgan fingerprint density at radius 1 is 1.32 bits per heavy atom. The van der Waals surface area contributed by atoms with Crippen molar-refractivity contribution < 1.29 is 22.6 Å². The van der Waals surface area contributed by atoms with Crippen LogP contribution in [0.15, 0.2) is 24.3 Å². The number of hydrogen-bond donors (Lipinski definition) is 1. The minimum Gasteiger partial charge on any atom is -0.488 e.